The minimum atomic E-state index is -5.40. The van der Waals surface area contributed by atoms with E-state index < -0.39 is 26.7 Å². The SMILES string of the molecule is CCCN(CCC(O)(P(=O)(O)O)P(=O)(O)O)Cc1ccccc1. The van der Waals surface area contributed by atoms with Crippen LogP contribution in [-0.4, -0.2) is 47.8 Å². The fourth-order valence-electron chi connectivity index (χ4n) is 2.20. The van der Waals surface area contributed by atoms with Crippen molar-refractivity contribution < 1.29 is 33.8 Å². The van der Waals surface area contributed by atoms with Crippen LogP contribution in [-0.2, 0) is 15.7 Å². The van der Waals surface area contributed by atoms with Crippen LogP contribution < -0.4 is 0 Å². The lowest BCUT2D eigenvalue weighted by molar-refractivity contribution is 0.107. The first-order valence-electron chi connectivity index (χ1n) is 7.11. The largest absolute Gasteiger partial charge is 0.369 e. The van der Waals surface area contributed by atoms with Gasteiger partial charge in [-0.15, -0.1) is 0 Å². The maximum atomic E-state index is 11.4. The zero-order valence-corrected chi connectivity index (χ0v) is 14.6. The molecule has 0 atom stereocenters. The van der Waals surface area contributed by atoms with E-state index in [4.69, 9.17) is 19.6 Å². The molecule has 0 radical (unpaired) electrons. The van der Waals surface area contributed by atoms with Gasteiger partial charge in [-0.1, -0.05) is 37.3 Å². The quantitative estimate of drug-likeness (QED) is 0.412. The molecule has 1 aromatic rings. The molecule has 0 aliphatic rings. The van der Waals surface area contributed by atoms with Crippen LogP contribution in [0.25, 0.3) is 0 Å². The second kappa shape index (κ2) is 8.01. The van der Waals surface area contributed by atoms with Gasteiger partial charge in [-0.25, -0.2) is 0 Å². The van der Waals surface area contributed by atoms with Gasteiger partial charge < -0.3 is 24.7 Å². The van der Waals surface area contributed by atoms with Crippen molar-refractivity contribution in [2.24, 2.45) is 0 Å². The lowest BCUT2D eigenvalue weighted by Crippen LogP contribution is -2.35. The van der Waals surface area contributed by atoms with E-state index >= 15 is 0 Å². The van der Waals surface area contributed by atoms with Crippen LogP contribution in [0.4, 0.5) is 0 Å². The summed E-state index contributed by atoms with van der Waals surface area (Å²) in [6.07, 6.45) is 0.0193. The summed E-state index contributed by atoms with van der Waals surface area (Å²) in [7, 11) is -10.8. The molecule has 1 rings (SSSR count). The van der Waals surface area contributed by atoms with Crippen molar-refractivity contribution in [3.63, 3.8) is 0 Å². The number of hydrogen-bond acceptors (Lipinski definition) is 4. The smallest absolute Gasteiger partial charge is 0.367 e. The number of rotatable bonds is 9. The molecule has 1 aromatic carbocycles. The van der Waals surface area contributed by atoms with Gasteiger partial charge in [-0.05, 0) is 18.5 Å². The third-order valence-corrected chi connectivity index (χ3v) is 7.36. The highest BCUT2D eigenvalue weighted by Crippen LogP contribution is 2.68. The van der Waals surface area contributed by atoms with E-state index in [0.29, 0.717) is 13.1 Å². The molecule has 0 bridgehead atoms. The average Bonchev–Trinajstić information content (AvgIpc) is 2.43. The molecule has 0 aromatic heterocycles. The average molecular weight is 367 g/mol. The van der Waals surface area contributed by atoms with E-state index in [9.17, 15) is 14.2 Å². The molecule has 0 saturated carbocycles. The fourth-order valence-corrected chi connectivity index (χ4v) is 4.34. The zero-order chi connectivity index (χ0) is 17.7. The van der Waals surface area contributed by atoms with Crippen LogP contribution in [0.1, 0.15) is 25.3 Å². The highest BCUT2D eigenvalue weighted by Gasteiger charge is 2.58. The summed E-state index contributed by atoms with van der Waals surface area (Å²) in [5, 5.41) is 6.56. The van der Waals surface area contributed by atoms with Gasteiger partial charge in [0.15, 0.2) is 0 Å². The highest BCUT2D eigenvalue weighted by atomic mass is 31.2. The summed E-state index contributed by atoms with van der Waals surface area (Å²) in [6.45, 7) is 2.87. The van der Waals surface area contributed by atoms with Crippen molar-refractivity contribution in [3.05, 3.63) is 35.9 Å². The molecule has 23 heavy (non-hydrogen) atoms. The topological polar surface area (TPSA) is 139 Å². The third-order valence-electron chi connectivity index (χ3n) is 3.49. The van der Waals surface area contributed by atoms with E-state index in [0.717, 1.165) is 12.0 Å². The molecule has 0 fully saturated rings. The normalized spacial score (nSPS) is 13.5. The fraction of sp³-hybridized carbons (Fsp3) is 0.538. The zero-order valence-electron chi connectivity index (χ0n) is 12.8. The molecular weight excluding hydrogens is 344 g/mol. The van der Waals surface area contributed by atoms with E-state index in [2.05, 4.69) is 0 Å². The van der Waals surface area contributed by atoms with Gasteiger partial charge in [-0.3, -0.25) is 14.0 Å². The Morgan fingerprint density at radius 1 is 1.00 bits per heavy atom. The second-order valence-corrected chi connectivity index (χ2v) is 9.38. The lowest BCUT2D eigenvalue weighted by atomic mass is 10.2. The number of aliphatic hydroxyl groups is 1. The Morgan fingerprint density at radius 2 is 1.52 bits per heavy atom. The van der Waals surface area contributed by atoms with Crippen LogP contribution in [0.2, 0.25) is 0 Å². The van der Waals surface area contributed by atoms with Gasteiger partial charge >= 0.3 is 15.2 Å². The van der Waals surface area contributed by atoms with Crippen LogP contribution in [0.5, 0.6) is 0 Å². The highest BCUT2D eigenvalue weighted by molar-refractivity contribution is 7.72. The lowest BCUT2D eigenvalue weighted by Gasteiger charge is -2.31. The molecule has 0 unspecified atom stereocenters. The van der Waals surface area contributed by atoms with Crippen LogP contribution >= 0.6 is 15.2 Å². The summed E-state index contributed by atoms with van der Waals surface area (Å²) >= 11 is 0. The molecule has 10 heteroatoms. The predicted octanol–water partition coefficient (Wildman–Crippen LogP) is 1.29. The molecule has 0 spiro atoms. The molecule has 0 amide bonds. The van der Waals surface area contributed by atoms with E-state index in [-0.39, 0.29) is 6.54 Å². The van der Waals surface area contributed by atoms with Gasteiger partial charge in [0.25, 0.3) is 5.08 Å². The standard InChI is InChI=1S/C13H23NO7P2/c1-2-9-14(11-12-6-4-3-5-7-12)10-8-13(15,22(16,17)18)23(19,20)21/h3-7,15H,2,8-11H2,1H3,(H2,16,17,18)(H2,19,20,21). The van der Waals surface area contributed by atoms with Crippen LogP contribution in [0, 0.1) is 0 Å². The molecule has 0 aliphatic carbocycles. The number of benzene rings is 1. The molecule has 0 heterocycles. The Balaban J connectivity index is 2.88. The molecule has 8 nitrogen and oxygen atoms in total. The first-order valence-corrected chi connectivity index (χ1v) is 10.3. The van der Waals surface area contributed by atoms with Crippen molar-refractivity contribution in [1.29, 1.82) is 0 Å². The monoisotopic (exact) mass is 367 g/mol. The maximum Gasteiger partial charge on any atom is 0.369 e. The van der Waals surface area contributed by atoms with E-state index in [1.54, 1.807) is 4.90 Å². The van der Waals surface area contributed by atoms with Crippen molar-refractivity contribution in [1.82, 2.24) is 4.90 Å². The molecule has 0 saturated heterocycles. The van der Waals surface area contributed by atoms with Gasteiger partial charge in [0.05, 0.1) is 0 Å². The summed E-state index contributed by atoms with van der Waals surface area (Å²) in [5.41, 5.74) is 0.955. The van der Waals surface area contributed by atoms with Crippen molar-refractivity contribution >= 4 is 15.2 Å². The minimum absolute atomic E-state index is 0.0601. The summed E-state index contributed by atoms with van der Waals surface area (Å²) < 4.78 is 22.7. The van der Waals surface area contributed by atoms with Gasteiger partial charge in [-0.2, -0.15) is 0 Å². The van der Waals surface area contributed by atoms with E-state index in [1.165, 1.54) is 0 Å². The Hall–Kier alpha value is -0.560. The summed E-state index contributed by atoms with van der Waals surface area (Å²) in [6, 6.07) is 9.30. The molecular formula is C13H23NO7P2. The summed E-state index contributed by atoms with van der Waals surface area (Å²) in [4.78, 5) is 38.4. The van der Waals surface area contributed by atoms with Crippen LogP contribution in [0.3, 0.4) is 0 Å². The Labute approximate surface area is 135 Å². The molecule has 132 valence electrons. The Kier molecular flexibility index (Phi) is 7.13. The van der Waals surface area contributed by atoms with Gasteiger partial charge in [0, 0.05) is 19.5 Å². The van der Waals surface area contributed by atoms with Gasteiger partial charge in [0.1, 0.15) is 0 Å². The molecule has 5 N–H and O–H groups in total. The van der Waals surface area contributed by atoms with Crippen LogP contribution in [0.15, 0.2) is 30.3 Å². The number of hydrogen-bond donors (Lipinski definition) is 5. The Morgan fingerprint density at radius 3 is 1.96 bits per heavy atom. The van der Waals surface area contributed by atoms with Crippen molar-refractivity contribution in [3.8, 4) is 0 Å². The van der Waals surface area contributed by atoms with Crippen molar-refractivity contribution in [2.45, 2.75) is 31.4 Å². The first-order chi connectivity index (χ1) is 10.5. The minimum Gasteiger partial charge on any atom is -0.367 e. The number of nitrogens with zero attached hydrogens (tertiary/aromatic N) is 1. The van der Waals surface area contributed by atoms with Gasteiger partial charge in [0.2, 0.25) is 0 Å². The maximum absolute atomic E-state index is 11.4. The second-order valence-electron chi connectivity index (χ2n) is 5.37. The summed E-state index contributed by atoms with van der Waals surface area (Å²) in [5.74, 6) is 0. The van der Waals surface area contributed by atoms with E-state index in [1.807, 2.05) is 37.3 Å². The third kappa shape index (κ3) is 5.48. The van der Waals surface area contributed by atoms with Crippen molar-refractivity contribution in [2.75, 3.05) is 13.1 Å². The predicted molar refractivity (Wildman–Crippen MR) is 85.7 cm³/mol. The first kappa shape index (κ1) is 20.5. The molecule has 0 aliphatic heterocycles. The Bertz CT molecular complexity index is 561.